The maximum atomic E-state index is 14.1. The number of alkyl halides is 2. The maximum Gasteiger partial charge on any atom is 0.270 e. The van der Waals surface area contributed by atoms with Crippen LogP contribution in [-0.2, 0) is 4.79 Å². The Morgan fingerprint density at radius 1 is 1.39 bits per heavy atom. The summed E-state index contributed by atoms with van der Waals surface area (Å²) in [4.78, 5) is 28.4. The second-order valence-electron chi connectivity index (χ2n) is 6.56. The second-order valence-corrected chi connectivity index (χ2v) is 6.56. The molecule has 0 aromatic carbocycles. The summed E-state index contributed by atoms with van der Waals surface area (Å²) in [6, 6.07) is 4.25. The van der Waals surface area contributed by atoms with E-state index in [-0.39, 0.29) is 18.0 Å². The van der Waals surface area contributed by atoms with E-state index in [0.29, 0.717) is 18.7 Å². The number of nitrogens with zero attached hydrogens (tertiary/aromatic N) is 1. The molecule has 0 bridgehead atoms. The molecular weight excluding hydrogens is 304 g/mol. The fraction of sp³-hybridized carbons (Fsp3) is 0.562. The molecular formula is C16H19F2N3O2. The monoisotopic (exact) mass is 323 g/mol. The molecule has 2 atom stereocenters. The van der Waals surface area contributed by atoms with Gasteiger partial charge in [-0.1, -0.05) is 6.07 Å². The molecule has 1 saturated carbocycles. The quantitative estimate of drug-likeness (QED) is 0.872. The van der Waals surface area contributed by atoms with E-state index in [2.05, 4.69) is 15.6 Å². The summed E-state index contributed by atoms with van der Waals surface area (Å²) in [6.07, 6.45) is -0.261. The highest BCUT2D eigenvalue weighted by Gasteiger charge is 2.55. The lowest BCUT2D eigenvalue weighted by molar-refractivity contribution is -0.142. The Morgan fingerprint density at radius 2 is 2.17 bits per heavy atom. The molecule has 2 heterocycles. The standard InChI is InChI=1S/C16H19F2N3O2/c1-10-3-2-4-12(20-10)13(22)21-11-7-15(5-6-19-14(15)23)9-16(17,18)8-11/h2-4,11H,5-9H2,1H3,(H,19,23)(H,21,22). The minimum atomic E-state index is -2.96. The van der Waals surface area contributed by atoms with Crippen LogP contribution in [0.1, 0.15) is 41.9 Å². The first-order valence-electron chi connectivity index (χ1n) is 7.70. The minimum absolute atomic E-state index is 0.198. The van der Waals surface area contributed by atoms with E-state index in [0.717, 1.165) is 0 Å². The number of halogens is 2. The third kappa shape index (κ3) is 3.18. The van der Waals surface area contributed by atoms with Gasteiger partial charge in [0.05, 0.1) is 5.41 Å². The zero-order valence-corrected chi connectivity index (χ0v) is 12.9. The summed E-state index contributed by atoms with van der Waals surface area (Å²) in [5, 5.41) is 5.26. The van der Waals surface area contributed by atoms with Crippen molar-refractivity contribution in [2.75, 3.05) is 6.54 Å². The van der Waals surface area contributed by atoms with Gasteiger partial charge in [-0.25, -0.2) is 13.8 Å². The van der Waals surface area contributed by atoms with Gasteiger partial charge in [-0.3, -0.25) is 9.59 Å². The van der Waals surface area contributed by atoms with E-state index >= 15 is 0 Å². The molecule has 2 unspecified atom stereocenters. The summed E-state index contributed by atoms with van der Waals surface area (Å²) < 4.78 is 28.2. The van der Waals surface area contributed by atoms with E-state index < -0.39 is 36.1 Å². The van der Waals surface area contributed by atoms with Crippen LogP contribution in [-0.4, -0.2) is 35.3 Å². The number of carbonyl (C=O) groups excluding carboxylic acids is 2. The molecule has 2 fully saturated rings. The largest absolute Gasteiger partial charge is 0.356 e. The van der Waals surface area contributed by atoms with Crippen molar-refractivity contribution in [3.05, 3.63) is 29.6 Å². The summed E-state index contributed by atoms with van der Waals surface area (Å²) in [7, 11) is 0. The zero-order valence-electron chi connectivity index (χ0n) is 12.9. The molecule has 2 aliphatic rings. The highest BCUT2D eigenvalue weighted by atomic mass is 19.3. The lowest BCUT2D eigenvalue weighted by atomic mass is 9.69. The number of nitrogens with one attached hydrogen (secondary N) is 2. The Kier molecular flexibility index (Phi) is 3.82. The third-order valence-corrected chi connectivity index (χ3v) is 4.61. The van der Waals surface area contributed by atoms with Gasteiger partial charge in [0.1, 0.15) is 5.69 Å². The lowest BCUT2D eigenvalue weighted by Gasteiger charge is -2.40. The molecule has 1 aromatic heterocycles. The molecule has 1 aromatic rings. The minimum Gasteiger partial charge on any atom is -0.356 e. The first-order chi connectivity index (χ1) is 10.8. The van der Waals surface area contributed by atoms with Crippen molar-refractivity contribution in [2.24, 2.45) is 5.41 Å². The normalized spacial score (nSPS) is 29.3. The van der Waals surface area contributed by atoms with E-state index in [1.54, 1.807) is 25.1 Å². The highest BCUT2D eigenvalue weighted by Crippen LogP contribution is 2.48. The van der Waals surface area contributed by atoms with Gasteiger partial charge in [0.2, 0.25) is 5.91 Å². The lowest BCUT2D eigenvalue weighted by Crippen LogP contribution is -2.51. The van der Waals surface area contributed by atoms with Crippen LogP contribution in [0.2, 0.25) is 0 Å². The van der Waals surface area contributed by atoms with Gasteiger partial charge in [-0.15, -0.1) is 0 Å². The zero-order chi connectivity index (χ0) is 16.7. The van der Waals surface area contributed by atoms with Gasteiger partial charge in [0.15, 0.2) is 0 Å². The molecule has 1 aliphatic heterocycles. The molecule has 2 amide bonds. The van der Waals surface area contributed by atoms with Gasteiger partial charge in [-0.05, 0) is 31.9 Å². The molecule has 1 saturated heterocycles. The molecule has 23 heavy (non-hydrogen) atoms. The van der Waals surface area contributed by atoms with Crippen LogP contribution < -0.4 is 10.6 Å². The fourth-order valence-electron chi connectivity index (χ4n) is 3.65. The van der Waals surface area contributed by atoms with Gasteiger partial charge >= 0.3 is 0 Å². The first-order valence-corrected chi connectivity index (χ1v) is 7.70. The SMILES string of the molecule is Cc1cccc(C(=O)NC2CC(F)(F)CC3(CCNC3=O)C2)n1. The van der Waals surface area contributed by atoms with Crippen LogP contribution in [0.25, 0.3) is 0 Å². The summed E-state index contributed by atoms with van der Waals surface area (Å²) in [5.74, 6) is -3.77. The molecule has 7 heteroatoms. The van der Waals surface area contributed by atoms with Gasteiger partial charge in [0, 0.05) is 31.1 Å². The average molecular weight is 323 g/mol. The molecule has 1 spiro atoms. The van der Waals surface area contributed by atoms with Crippen molar-refractivity contribution in [1.29, 1.82) is 0 Å². The molecule has 5 nitrogen and oxygen atoms in total. The van der Waals surface area contributed by atoms with E-state index in [4.69, 9.17) is 0 Å². The van der Waals surface area contributed by atoms with Crippen LogP contribution in [0.5, 0.6) is 0 Å². The molecule has 2 N–H and O–H groups in total. The van der Waals surface area contributed by atoms with Crippen molar-refractivity contribution >= 4 is 11.8 Å². The number of aryl methyl sites for hydroxylation is 1. The Balaban J connectivity index is 1.77. The summed E-state index contributed by atoms with van der Waals surface area (Å²) >= 11 is 0. The number of amides is 2. The summed E-state index contributed by atoms with van der Waals surface area (Å²) in [6.45, 7) is 2.17. The second kappa shape index (κ2) is 5.54. The number of hydrogen-bond acceptors (Lipinski definition) is 3. The summed E-state index contributed by atoms with van der Waals surface area (Å²) in [5.41, 5.74) is -0.193. The van der Waals surface area contributed by atoms with E-state index in [9.17, 15) is 18.4 Å². The van der Waals surface area contributed by atoms with Gasteiger partial charge in [0.25, 0.3) is 11.8 Å². The van der Waals surface area contributed by atoms with Gasteiger partial charge < -0.3 is 10.6 Å². The predicted molar refractivity (Wildman–Crippen MR) is 79.1 cm³/mol. The van der Waals surface area contributed by atoms with E-state index in [1.165, 1.54) is 0 Å². The van der Waals surface area contributed by atoms with Crippen LogP contribution in [0.3, 0.4) is 0 Å². The van der Waals surface area contributed by atoms with Gasteiger partial charge in [-0.2, -0.15) is 0 Å². The van der Waals surface area contributed by atoms with Crippen molar-refractivity contribution in [2.45, 2.75) is 44.6 Å². The number of carbonyl (C=O) groups is 2. The first kappa shape index (κ1) is 15.8. The highest BCUT2D eigenvalue weighted by molar-refractivity contribution is 5.92. The average Bonchev–Trinajstić information content (AvgIpc) is 2.77. The van der Waals surface area contributed by atoms with Crippen LogP contribution in [0.4, 0.5) is 8.78 Å². The maximum absolute atomic E-state index is 14.1. The third-order valence-electron chi connectivity index (χ3n) is 4.61. The van der Waals surface area contributed by atoms with Crippen molar-refractivity contribution in [3.8, 4) is 0 Å². The Morgan fingerprint density at radius 3 is 2.83 bits per heavy atom. The number of hydrogen-bond donors (Lipinski definition) is 2. The van der Waals surface area contributed by atoms with Crippen molar-refractivity contribution in [3.63, 3.8) is 0 Å². The topological polar surface area (TPSA) is 71.1 Å². The van der Waals surface area contributed by atoms with Crippen LogP contribution in [0.15, 0.2) is 18.2 Å². The number of pyridine rings is 1. The smallest absolute Gasteiger partial charge is 0.270 e. The Hall–Kier alpha value is -2.05. The van der Waals surface area contributed by atoms with Crippen LogP contribution >= 0.6 is 0 Å². The predicted octanol–water partition coefficient (Wildman–Crippen LogP) is 1.81. The van der Waals surface area contributed by atoms with Crippen molar-refractivity contribution in [1.82, 2.24) is 15.6 Å². The van der Waals surface area contributed by atoms with Crippen molar-refractivity contribution < 1.29 is 18.4 Å². The Bertz CT molecular complexity index is 650. The molecule has 124 valence electrons. The number of rotatable bonds is 2. The molecule has 0 radical (unpaired) electrons. The van der Waals surface area contributed by atoms with Crippen LogP contribution in [0, 0.1) is 12.3 Å². The molecule has 1 aliphatic carbocycles. The number of aromatic nitrogens is 1. The van der Waals surface area contributed by atoms with E-state index in [1.807, 2.05) is 0 Å². The Labute approximate surface area is 132 Å². The fourth-order valence-corrected chi connectivity index (χ4v) is 3.65. The molecule has 3 rings (SSSR count).